The van der Waals surface area contributed by atoms with Crippen molar-refractivity contribution < 1.29 is 18.0 Å². The van der Waals surface area contributed by atoms with Crippen molar-refractivity contribution in [2.45, 2.75) is 31.1 Å². The largest absolute Gasteiger partial charge is 0.338 e. The number of nitrogens with zero attached hydrogens (tertiary/aromatic N) is 1. The molecule has 0 aliphatic carbocycles. The van der Waals surface area contributed by atoms with E-state index in [-0.39, 0.29) is 10.8 Å². The van der Waals surface area contributed by atoms with Gasteiger partial charge in [0.1, 0.15) is 0 Å². The van der Waals surface area contributed by atoms with Crippen molar-refractivity contribution in [3.63, 3.8) is 0 Å². The Balaban J connectivity index is 1.70. The molecule has 9 heteroatoms. The Labute approximate surface area is 168 Å². The summed E-state index contributed by atoms with van der Waals surface area (Å²) in [6, 6.07) is 9.00. The molecule has 0 bridgehead atoms. The zero-order valence-electron chi connectivity index (χ0n) is 15.6. The van der Waals surface area contributed by atoms with Crippen LogP contribution in [0.25, 0.3) is 0 Å². The molecule has 1 aromatic heterocycles. The molecule has 7 nitrogen and oxygen atoms in total. The average Bonchev–Trinajstić information content (AvgIpc) is 3.04. The lowest BCUT2D eigenvalue weighted by Gasteiger charge is -2.19. The quantitative estimate of drug-likeness (QED) is 0.791. The van der Waals surface area contributed by atoms with Gasteiger partial charge in [-0.25, -0.2) is 13.6 Å². The number of amides is 2. The molecule has 1 aromatic carbocycles. The molecular formula is C19H23N3O4S2. The normalized spacial score (nSPS) is 17.8. The first kappa shape index (κ1) is 20.5. The van der Waals surface area contributed by atoms with Crippen LogP contribution in [0.15, 0.2) is 41.3 Å². The van der Waals surface area contributed by atoms with E-state index in [4.69, 9.17) is 5.14 Å². The van der Waals surface area contributed by atoms with E-state index >= 15 is 0 Å². The number of sulfonamides is 1. The number of hydrogen-bond donors (Lipinski definition) is 2. The number of thiophene rings is 1. The summed E-state index contributed by atoms with van der Waals surface area (Å²) in [6.07, 6.45) is 3.11. The lowest BCUT2D eigenvalue weighted by molar-refractivity contribution is 0.0765. The molecule has 0 spiro atoms. The molecule has 0 saturated carbocycles. The molecule has 1 aliphatic heterocycles. The summed E-state index contributed by atoms with van der Waals surface area (Å²) in [7, 11) is -3.85. The van der Waals surface area contributed by atoms with Gasteiger partial charge in [-0.3, -0.25) is 9.59 Å². The Morgan fingerprint density at radius 2 is 1.89 bits per heavy atom. The summed E-state index contributed by atoms with van der Waals surface area (Å²) < 4.78 is 22.9. The van der Waals surface area contributed by atoms with E-state index in [1.807, 2.05) is 4.90 Å². The standard InChI is InChI=1S/C19H23N3O4S2/c1-13-4-3-10-22(11-9-13)19(24)17-8-7-16(27-17)18(23)21-14-5-2-6-15(12-14)28(20,25)26/h2,5-8,12-13H,3-4,9-11H2,1H3,(H,21,23)(H2,20,25,26)/t13-/m1/s1. The predicted molar refractivity (Wildman–Crippen MR) is 109 cm³/mol. The van der Waals surface area contributed by atoms with Crippen molar-refractivity contribution in [3.8, 4) is 0 Å². The Morgan fingerprint density at radius 3 is 2.64 bits per heavy atom. The van der Waals surface area contributed by atoms with Gasteiger partial charge in [0, 0.05) is 18.8 Å². The molecule has 0 unspecified atom stereocenters. The van der Waals surface area contributed by atoms with Crippen molar-refractivity contribution in [3.05, 3.63) is 46.2 Å². The first-order chi connectivity index (χ1) is 13.2. The molecule has 3 rings (SSSR count). The number of hydrogen-bond acceptors (Lipinski definition) is 5. The smallest absolute Gasteiger partial charge is 0.265 e. The van der Waals surface area contributed by atoms with Crippen LogP contribution in [0.3, 0.4) is 0 Å². The minimum Gasteiger partial charge on any atom is -0.338 e. The highest BCUT2D eigenvalue weighted by molar-refractivity contribution is 7.89. The summed E-state index contributed by atoms with van der Waals surface area (Å²) in [4.78, 5) is 27.9. The van der Waals surface area contributed by atoms with Crippen LogP contribution in [0, 0.1) is 5.92 Å². The summed E-state index contributed by atoms with van der Waals surface area (Å²) in [5, 5.41) is 7.76. The van der Waals surface area contributed by atoms with Gasteiger partial charge in [0.2, 0.25) is 10.0 Å². The molecule has 2 amide bonds. The number of nitrogens with one attached hydrogen (secondary N) is 1. The van der Waals surface area contributed by atoms with Crippen molar-refractivity contribution in [2.75, 3.05) is 18.4 Å². The molecule has 1 saturated heterocycles. The third-order valence-electron chi connectivity index (χ3n) is 4.76. The number of carbonyl (C=O) groups excluding carboxylic acids is 2. The van der Waals surface area contributed by atoms with E-state index in [1.54, 1.807) is 18.2 Å². The van der Waals surface area contributed by atoms with Crippen LogP contribution in [-0.2, 0) is 10.0 Å². The highest BCUT2D eigenvalue weighted by Crippen LogP contribution is 2.23. The lowest BCUT2D eigenvalue weighted by atomic mass is 10.0. The third kappa shape index (κ3) is 4.98. The van der Waals surface area contributed by atoms with Crippen molar-refractivity contribution in [2.24, 2.45) is 11.1 Å². The van der Waals surface area contributed by atoms with Crippen LogP contribution in [0.1, 0.15) is 45.5 Å². The predicted octanol–water partition coefficient (Wildman–Crippen LogP) is 2.91. The molecule has 2 aromatic rings. The van der Waals surface area contributed by atoms with Gasteiger partial charge in [0.25, 0.3) is 11.8 Å². The second-order valence-electron chi connectivity index (χ2n) is 7.02. The molecule has 150 valence electrons. The van der Waals surface area contributed by atoms with E-state index in [0.717, 1.165) is 43.7 Å². The van der Waals surface area contributed by atoms with E-state index in [9.17, 15) is 18.0 Å². The summed E-state index contributed by atoms with van der Waals surface area (Å²) in [5.74, 6) is 0.171. The summed E-state index contributed by atoms with van der Waals surface area (Å²) in [6.45, 7) is 3.68. The summed E-state index contributed by atoms with van der Waals surface area (Å²) >= 11 is 1.13. The number of carbonyl (C=O) groups is 2. The first-order valence-corrected chi connectivity index (χ1v) is 11.4. The number of likely N-dealkylation sites (tertiary alicyclic amines) is 1. The molecule has 1 fully saturated rings. The molecule has 0 radical (unpaired) electrons. The molecule has 1 aliphatic rings. The van der Waals surface area contributed by atoms with Gasteiger partial charge in [-0.15, -0.1) is 11.3 Å². The van der Waals surface area contributed by atoms with Gasteiger partial charge in [-0.1, -0.05) is 13.0 Å². The Hall–Kier alpha value is -2.23. The fraction of sp³-hybridized carbons (Fsp3) is 0.368. The Bertz CT molecular complexity index is 985. The first-order valence-electron chi connectivity index (χ1n) is 9.07. The second-order valence-corrected chi connectivity index (χ2v) is 9.66. The lowest BCUT2D eigenvalue weighted by Crippen LogP contribution is -2.31. The Morgan fingerprint density at radius 1 is 1.14 bits per heavy atom. The van der Waals surface area contributed by atoms with Crippen molar-refractivity contribution in [1.82, 2.24) is 4.90 Å². The molecule has 3 N–H and O–H groups in total. The minimum absolute atomic E-state index is 0.0469. The van der Waals surface area contributed by atoms with Crippen LogP contribution in [0.5, 0.6) is 0 Å². The number of benzene rings is 1. The molecule has 2 heterocycles. The number of rotatable bonds is 4. The fourth-order valence-electron chi connectivity index (χ4n) is 3.14. The second kappa shape index (κ2) is 8.42. The topological polar surface area (TPSA) is 110 Å². The van der Waals surface area contributed by atoms with Crippen LogP contribution >= 0.6 is 11.3 Å². The number of anilines is 1. The van der Waals surface area contributed by atoms with Crippen LogP contribution in [-0.4, -0.2) is 38.2 Å². The zero-order valence-corrected chi connectivity index (χ0v) is 17.2. The summed E-state index contributed by atoms with van der Waals surface area (Å²) in [5.41, 5.74) is 0.319. The fourth-order valence-corrected chi connectivity index (χ4v) is 4.57. The van der Waals surface area contributed by atoms with E-state index in [2.05, 4.69) is 12.2 Å². The minimum atomic E-state index is -3.85. The number of primary sulfonamides is 1. The molecule has 28 heavy (non-hydrogen) atoms. The average molecular weight is 422 g/mol. The Kier molecular flexibility index (Phi) is 6.17. The van der Waals surface area contributed by atoms with Crippen molar-refractivity contribution in [1.29, 1.82) is 0 Å². The van der Waals surface area contributed by atoms with Gasteiger partial charge in [-0.05, 0) is 55.5 Å². The molecular weight excluding hydrogens is 398 g/mol. The van der Waals surface area contributed by atoms with Gasteiger partial charge in [0.15, 0.2) is 0 Å². The van der Waals surface area contributed by atoms with Crippen molar-refractivity contribution >= 4 is 38.9 Å². The maximum Gasteiger partial charge on any atom is 0.265 e. The van der Waals surface area contributed by atoms with Gasteiger partial charge in [-0.2, -0.15) is 0 Å². The zero-order chi connectivity index (χ0) is 20.3. The van der Waals surface area contributed by atoms with E-state index in [0.29, 0.717) is 21.4 Å². The monoisotopic (exact) mass is 421 g/mol. The van der Waals surface area contributed by atoms with E-state index < -0.39 is 15.9 Å². The number of nitrogens with two attached hydrogens (primary N) is 1. The maximum atomic E-state index is 12.7. The van der Waals surface area contributed by atoms with E-state index in [1.165, 1.54) is 18.2 Å². The highest BCUT2D eigenvalue weighted by Gasteiger charge is 2.22. The molecule has 1 atom stereocenters. The van der Waals surface area contributed by atoms with Gasteiger partial charge < -0.3 is 10.2 Å². The third-order valence-corrected chi connectivity index (χ3v) is 6.75. The van der Waals surface area contributed by atoms with Gasteiger partial charge >= 0.3 is 0 Å². The van der Waals surface area contributed by atoms with Gasteiger partial charge in [0.05, 0.1) is 14.6 Å². The highest BCUT2D eigenvalue weighted by atomic mass is 32.2. The maximum absolute atomic E-state index is 12.7. The van der Waals surface area contributed by atoms with Crippen LogP contribution < -0.4 is 10.5 Å². The van der Waals surface area contributed by atoms with Crippen LogP contribution in [0.2, 0.25) is 0 Å². The SMILES string of the molecule is C[C@@H]1CCCN(C(=O)c2ccc(C(=O)Nc3cccc(S(N)(=O)=O)c3)s2)CC1. The van der Waals surface area contributed by atoms with Crippen LogP contribution in [0.4, 0.5) is 5.69 Å².